The van der Waals surface area contributed by atoms with Crippen molar-refractivity contribution in [1.82, 2.24) is 0 Å². The molecule has 1 atom stereocenters. The molecule has 9 heteroatoms. The van der Waals surface area contributed by atoms with Gasteiger partial charge in [-0.3, -0.25) is 9.59 Å². The number of nitrogens with one attached hydrogen (secondary N) is 1. The number of benzene rings is 1. The molecular formula is C15H18ClNO5S2. The second-order valence-electron chi connectivity index (χ2n) is 5.50. The van der Waals surface area contributed by atoms with Crippen molar-refractivity contribution in [3.8, 4) is 0 Å². The van der Waals surface area contributed by atoms with Crippen LogP contribution in [0.1, 0.15) is 12.0 Å². The van der Waals surface area contributed by atoms with E-state index >= 15 is 0 Å². The summed E-state index contributed by atoms with van der Waals surface area (Å²) in [5, 5.41) is 3.14. The number of thioether (sulfide) groups is 1. The lowest BCUT2D eigenvalue weighted by molar-refractivity contribution is -0.144. The molecule has 0 aliphatic carbocycles. The first-order valence-electron chi connectivity index (χ1n) is 7.29. The van der Waals surface area contributed by atoms with E-state index in [1.54, 1.807) is 25.1 Å². The molecule has 2 rings (SSSR count). The van der Waals surface area contributed by atoms with Gasteiger partial charge in [0.05, 0.1) is 17.3 Å². The third kappa shape index (κ3) is 5.99. The third-order valence-corrected chi connectivity index (χ3v) is 6.94. The van der Waals surface area contributed by atoms with Crippen LogP contribution in [0.5, 0.6) is 0 Å². The number of carbonyl (C=O) groups is 2. The topological polar surface area (TPSA) is 89.5 Å². The van der Waals surface area contributed by atoms with Crippen molar-refractivity contribution >= 4 is 50.8 Å². The van der Waals surface area contributed by atoms with Gasteiger partial charge in [0.25, 0.3) is 5.91 Å². The van der Waals surface area contributed by atoms with Crippen LogP contribution in [-0.2, 0) is 24.2 Å². The summed E-state index contributed by atoms with van der Waals surface area (Å²) < 4.78 is 27.6. The number of anilines is 1. The van der Waals surface area contributed by atoms with E-state index in [-0.39, 0.29) is 29.1 Å². The maximum absolute atomic E-state index is 11.8. The van der Waals surface area contributed by atoms with Gasteiger partial charge in [0.2, 0.25) is 0 Å². The summed E-state index contributed by atoms with van der Waals surface area (Å²) in [6.45, 7) is 1.42. The lowest BCUT2D eigenvalue weighted by atomic mass is 10.2. The van der Waals surface area contributed by atoms with Crippen LogP contribution in [0, 0.1) is 6.92 Å². The normalized spacial score (nSPS) is 19.0. The van der Waals surface area contributed by atoms with E-state index in [0.717, 1.165) is 5.56 Å². The fourth-order valence-electron chi connectivity index (χ4n) is 2.22. The minimum Gasteiger partial charge on any atom is -0.455 e. The Morgan fingerprint density at radius 3 is 2.79 bits per heavy atom. The molecule has 0 bridgehead atoms. The van der Waals surface area contributed by atoms with Crippen LogP contribution in [0.3, 0.4) is 0 Å². The van der Waals surface area contributed by atoms with E-state index in [1.165, 1.54) is 11.8 Å². The number of sulfone groups is 1. The zero-order chi connectivity index (χ0) is 17.7. The van der Waals surface area contributed by atoms with Crippen LogP contribution in [0.2, 0.25) is 5.02 Å². The van der Waals surface area contributed by atoms with Gasteiger partial charge in [0.1, 0.15) is 0 Å². The van der Waals surface area contributed by atoms with Crippen molar-refractivity contribution < 1.29 is 22.7 Å². The first kappa shape index (κ1) is 19.1. The summed E-state index contributed by atoms with van der Waals surface area (Å²) >= 11 is 7.09. The minimum absolute atomic E-state index is 0.0352. The van der Waals surface area contributed by atoms with Gasteiger partial charge in [-0.2, -0.15) is 0 Å². The number of amides is 1. The number of rotatable bonds is 6. The Labute approximate surface area is 150 Å². The zero-order valence-corrected chi connectivity index (χ0v) is 15.5. The SMILES string of the molecule is Cc1cc(Cl)ccc1NC(=O)COC(=O)CS[C@@H]1CCS(=O)(=O)C1. The predicted octanol–water partition coefficient (Wildman–Crippen LogP) is 2.05. The van der Waals surface area contributed by atoms with Gasteiger partial charge in [-0.15, -0.1) is 11.8 Å². The third-order valence-electron chi connectivity index (χ3n) is 3.45. The number of hydrogen-bond acceptors (Lipinski definition) is 6. The Balaban J connectivity index is 1.70. The number of ether oxygens (including phenoxy) is 1. The predicted molar refractivity (Wildman–Crippen MR) is 95.3 cm³/mol. The van der Waals surface area contributed by atoms with Crippen molar-refractivity contribution in [3.05, 3.63) is 28.8 Å². The number of halogens is 1. The van der Waals surface area contributed by atoms with Gasteiger partial charge in [0.15, 0.2) is 16.4 Å². The highest BCUT2D eigenvalue weighted by atomic mass is 35.5. The highest BCUT2D eigenvalue weighted by molar-refractivity contribution is 8.02. The largest absolute Gasteiger partial charge is 0.455 e. The maximum atomic E-state index is 11.8. The summed E-state index contributed by atoms with van der Waals surface area (Å²) in [7, 11) is -2.96. The van der Waals surface area contributed by atoms with E-state index in [0.29, 0.717) is 17.1 Å². The Morgan fingerprint density at radius 1 is 1.42 bits per heavy atom. The lowest BCUT2D eigenvalue weighted by Gasteiger charge is -2.10. The highest BCUT2D eigenvalue weighted by Gasteiger charge is 2.28. The second kappa shape index (κ2) is 8.22. The minimum atomic E-state index is -2.96. The van der Waals surface area contributed by atoms with Gasteiger partial charge in [-0.1, -0.05) is 11.6 Å². The molecule has 24 heavy (non-hydrogen) atoms. The molecule has 0 unspecified atom stereocenters. The van der Waals surface area contributed by atoms with E-state index < -0.39 is 21.7 Å². The molecule has 1 aliphatic rings. The van der Waals surface area contributed by atoms with E-state index in [1.807, 2.05) is 0 Å². The van der Waals surface area contributed by atoms with Gasteiger partial charge < -0.3 is 10.1 Å². The molecule has 1 aromatic carbocycles. The molecule has 1 aromatic rings. The van der Waals surface area contributed by atoms with Crippen molar-refractivity contribution in [1.29, 1.82) is 0 Å². The average Bonchev–Trinajstić information content (AvgIpc) is 2.85. The van der Waals surface area contributed by atoms with Crippen LogP contribution in [0.4, 0.5) is 5.69 Å². The lowest BCUT2D eigenvalue weighted by Crippen LogP contribution is -2.22. The summed E-state index contributed by atoms with van der Waals surface area (Å²) in [5.41, 5.74) is 1.41. The smallest absolute Gasteiger partial charge is 0.316 e. The number of esters is 1. The molecule has 1 saturated heterocycles. The number of carbonyl (C=O) groups excluding carboxylic acids is 2. The van der Waals surface area contributed by atoms with Gasteiger partial charge in [0, 0.05) is 16.0 Å². The van der Waals surface area contributed by atoms with Crippen molar-refractivity contribution in [2.75, 3.05) is 29.2 Å². The molecule has 1 amide bonds. The monoisotopic (exact) mass is 391 g/mol. The van der Waals surface area contributed by atoms with Crippen LogP contribution in [0.15, 0.2) is 18.2 Å². The summed E-state index contributed by atoms with van der Waals surface area (Å²) in [6, 6.07) is 5.05. The molecule has 0 aromatic heterocycles. The highest BCUT2D eigenvalue weighted by Crippen LogP contribution is 2.24. The Hall–Kier alpha value is -1.25. The van der Waals surface area contributed by atoms with Gasteiger partial charge in [-0.05, 0) is 37.1 Å². The van der Waals surface area contributed by atoms with Crippen LogP contribution < -0.4 is 5.32 Å². The van der Waals surface area contributed by atoms with Crippen molar-refractivity contribution in [2.45, 2.75) is 18.6 Å². The molecule has 1 N–H and O–H groups in total. The molecular weight excluding hydrogens is 374 g/mol. The fraction of sp³-hybridized carbons (Fsp3) is 0.467. The standard InChI is InChI=1S/C15H18ClNO5S2/c1-10-6-11(16)2-3-13(10)17-14(18)7-22-15(19)8-23-12-4-5-24(20,21)9-12/h2-3,6,12H,4-5,7-9H2,1H3,(H,17,18)/t12-/m1/s1. The van der Waals surface area contributed by atoms with Crippen molar-refractivity contribution in [2.24, 2.45) is 0 Å². The van der Waals surface area contributed by atoms with Gasteiger partial charge >= 0.3 is 5.97 Å². The quantitative estimate of drug-likeness (QED) is 0.746. The van der Waals surface area contributed by atoms with E-state index in [9.17, 15) is 18.0 Å². The Kier molecular flexibility index (Phi) is 6.54. The Morgan fingerprint density at radius 2 is 2.17 bits per heavy atom. The van der Waals surface area contributed by atoms with Crippen LogP contribution in [0.25, 0.3) is 0 Å². The van der Waals surface area contributed by atoms with Crippen LogP contribution in [-0.4, -0.2) is 49.4 Å². The fourth-order valence-corrected chi connectivity index (χ4v) is 5.89. The molecule has 0 saturated carbocycles. The first-order chi connectivity index (χ1) is 11.2. The number of hydrogen-bond donors (Lipinski definition) is 1. The van der Waals surface area contributed by atoms with E-state index in [2.05, 4.69) is 5.32 Å². The maximum Gasteiger partial charge on any atom is 0.316 e. The molecule has 132 valence electrons. The van der Waals surface area contributed by atoms with E-state index in [4.69, 9.17) is 16.3 Å². The summed E-state index contributed by atoms with van der Waals surface area (Å²) in [5.74, 6) is -0.674. The number of aryl methyl sites for hydroxylation is 1. The Bertz CT molecular complexity index is 735. The molecule has 1 heterocycles. The molecule has 0 spiro atoms. The molecule has 0 radical (unpaired) electrons. The molecule has 1 aliphatic heterocycles. The molecule has 6 nitrogen and oxygen atoms in total. The summed E-state index contributed by atoms with van der Waals surface area (Å²) in [4.78, 5) is 23.4. The molecule has 1 fully saturated rings. The van der Waals surface area contributed by atoms with Crippen LogP contribution >= 0.6 is 23.4 Å². The first-order valence-corrected chi connectivity index (χ1v) is 10.5. The van der Waals surface area contributed by atoms with Crippen molar-refractivity contribution in [3.63, 3.8) is 0 Å². The average molecular weight is 392 g/mol. The zero-order valence-electron chi connectivity index (χ0n) is 13.1. The van der Waals surface area contributed by atoms with Gasteiger partial charge in [-0.25, -0.2) is 8.42 Å². The summed E-state index contributed by atoms with van der Waals surface area (Å²) in [6.07, 6.45) is 0.552. The second-order valence-corrected chi connectivity index (χ2v) is 9.46.